The first-order valence-corrected chi connectivity index (χ1v) is 17.8. The van der Waals surface area contributed by atoms with Crippen LogP contribution in [0.5, 0.6) is 17.2 Å². The van der Waals surface area contributed by atoms with Gasteiger partial charge in [-0.2, -0.15) is 0 Å². The number of unbranched alkanes of at least 4 members (excludes halogenated alkanes) is 1. The molecule has 9 heteroatoms. The van der Waals surface area contributed by atoms with Crippen molar-refractivity contribution in [3.05, 3.63) is 119 Å². The predicted octanol–water partition coefficient (Wildman–Crippen LogP) is 7.61. The van der Waals surface area contributed by atoms with E-state index in [9.17, 15) is 9.59 Å². The van der Waals surface area contributed by atoms with Crippen molar-refractivity contribution in [1.29, 1.82) is 0 Å². The second-order valence-electron chi connectivity index (χ2n) is 13.1. The highest BCUT2D eigenvalue weighted by Gasteiger charge is 2.20. The van der Waals surface area contributed by atoms with Crippen LogP contribution in [-0.2, 0) is 17.9 Å². The third kappa shape index (κ3) is 9.29. The van der Waals surface area contributed by atoms with Gasteiger partial charge in [-0.25, -0.2) is 0 Å². The number of para-hydroxylation sites is 1. The van der Waals surface area contributed by atoms with Crippen LogP contribution in [0.25, 0.3) is 10.9 Å². The number of carbonyl (C=O) groups is 2. The number of nitrogens with zero attached hydrogens (tertiary/aromatic N) is 3. The van der Waals surface area contributed by atoms with Crippen molar-refractivity contribution in [2.75, 3.05) is 51.3 Å². The maximum atomic E-state index is 14.0. The molecule has 4 aromatic carbocycles. The maximum absolute atomic E-state index is 14.0. The normalized spacial score (nSPS) is 13.3. The SMILES string of the molecule is COc1cccc(N2CCN(CCCCOc3cc(C(=O)c4cn(CCCC(=O)O)c5ccccc45)ccc3OCc3ccc(C)cc3)CC2)c1. The summed E-state index contributed by atoms with van der Waals surface area (Å²) >= 11 is 0. The molecular formula is C42H47N3O6. The fraction of sp³-hybridized carbons (Fsp3) is 0.333. The summed E-state index contributed by atoms with van der Waals surface area (Å²) in [6.07, 6.45) is 4.26. The molecule has 0 aliphatic carbocycles. The first-order valence-electron chi connectivity index (χ1n) is 17.8. The number of aliphatic carboxylic acids is 1. The molecule has 1 fully saturated rings. The Labute approximate surface area is 300 Å². The van der Waals surface area contributed by atoms with Gasteiger partial charge in [-0.3, -0.25) is 14.5 Å². The average molecular weight is 690 g/mol. The number of aromatic nitrogens is 1. The van der Waals surface area contributed by atoms with Gasteiger partial charge in [0.15, 0.2) is 17.3 Å². The third-order valence-electron chi connectivity index (χ3n) is 9.46. The molecule has 1 aromatic heterocycles. The van der Waals surface area contributed by atoms with Crippen molar-refractivity contribution in [2.45, 2.75) is 45.8 Å². The summed E-state index contributed by atoms with van der Waals surface area (Å²) in [5.74, 6) is 1.07. The molecule has 2 heterocycles. The van der Waals surface area contributed by atoms with Gasteiger partial charge in [-0.1, -0.05) is 54.1 Å². The molecule has 0 saturated carbocycles. The molecule has 51 heavy (non-hydrogen) atoms. The van der Waals surface area contributed by atoms with Crippen molar-refractivity contribution in [3.63, 3.8) is 0 Å². The number of carboxylic acid groups (broad SMARTS) is 1. The highest BCUT2D eigenvalue weighted by Crippen LogP contribution is 2.32. The number of rotatable bonds is 17. The molecule has 1 aliphatic heterocycles. The van der Waals surface area contributed by atoms with E-state index in [1.165, 1.54) is 11.3 Å². The topological polar surface area (TPSA) is 93.5 Å². The number of aryl methyl sites for hydroxylation is 2. The van der Waals surface area contributed by atoms with Gasteiger partial charge in [0.1, 0.15) is 12.4 Å². The smallest absolute Gasteiger partial charge is 0.303 e. The Bertz CT molecular complexity index is 1930. The summed E-state index contributed by atoms with van der Waals surface area (Å²) in [5, 5.41) is 9.96. The van der Waals surface area contributed by atoms with Crippen LogP contribution in [0.3, 0.4) is 0 Å². The summed E-state index contributed by atoms with van der Waals surface area (Å²) in [6, 6.07) is 29.6. The van der Waals surface area contributed by atoms with E-state index in [0.29, 0.717) is 48.8 Å². The third-order valence-corrected chi connectivity index (χ3v) is 9.46. The Morgan fingerprint density at radius 3 is 2.37 bits per heavy atom. The van der Waals surface area contributed by atoms with Crippen molar-refractivity contribution in [1.82, 2.24) is 9.47 Å². The lowest BCUT2D eigenvalue weighted by Crippen LogP contribution is -2.46. The van der Waals surface area contributed by atoms with Gasteiger partial charge in [0.25, 0.3) is 0 Å². The fourth-order valence-corrected chi connectivity index (χ4v) is 6.55. The summed E-state index contributed by atoms with van der Waals surface area (Å²) in [6.45, 7) is 8.44. The summed E-state index contributed by atoms with van der Waals surface area (Å²) in [7, 11) is 1.70. The Morgan fingerprint density at radius 2 is 1.59 bits per heavy atom. The zero-order valence-electron chi connectivity index (χ0n) is 29.6. The van der Waals surface area contributed by atoms with E-state index in [1.54, 1.807) is 19.2 Å². The van der Waals surface area contributed by atoms with E-state index >= 15 is 0 Å². The molecule has 0 spiro atoms. The number of ether oxygens (including phenoxy) is 3. The Kier molecular flexibility index (Phi) is 11.9. The number of piperazine rings is 1. The van der Waals surface area contributed by atoms with Gasteiger partial charge in [0, 0.05) is 79.1 Å². The van der Waals surface area contributed by atoms with E-state index in [1.807, 2.05) is 53.2 Å². The zero-order chi connectivity index (χ0) is 35.6. The van der Waals surface area contributed by atoms with Crippen molar-refractivity contribution in [2.24, 2.45) is 0 Å². The van der Waals surface area contributed by atoms with Gasteiger partial charge in [-0.05, 0) is 74.7 Å². The Morgan fingerprint density at radius 1 is 0.784 bits per heavy atom. The number of hydrogen-bond acceptors (Lipinski definition) is 7. The minimum atomic E-state index is -0.830. The van der Waals surface area contributed by atoms with E-state index < -0.39 is 5.97 Å². The van der Waals surface area contributed by atoms with Crippen LogP contribution in [0.1, 0.15) is 52.7 Å². The summed E-state index contributed by atoms with van der Waals surface area (Å²) < 4.78 is 20.0. The maximum Gasteiger partial charge on any atom is 0.303 e. The monoisotopic (exact) mass is 689 g/mol. The van der Waals surface area contributed by atoms with Crippen molar-refractivity contribution >= 4 is 28.3 Å². The lowest BCUT2D eigenvalue weighted by atomic mass is 10.0. The second kappa shape index (κ2) is 17.1. The Balaban J connectivity index is 1.10. The molecule has 9 nitrogen and oxygen atoms in total. The molecule has 1 N–H and O–H groups in total. The molecule has 5 aromatic rings. The number of carboxylic acids is 1. The van der Waals surface area contributed by atoms with Gasteiger partial charge in [0.05, 0.1) is 13.7 Å². The molecule has 0 bridgehead atoms. The number of benzene rings is 4. The summed E-state index contributed by atoms with van der Waals surface area (Å²) in [4.78, 5) is 30.0. The molecule has 1 aliphatic rings. The van der Waals surface area contributed by atoms with Gasteiger partial charge in [-0.15, -0.1) is 0 Å². The largest absolute Gasteiger partial charge is 0.497 e. The van der Waals surface area contributed by atoms with Crippen LogP contribution in [0.4, 0.5) is 5.69 Å². The first-order chi connectivity index (χ1) is 24.9. The highest BCUT2D eigenvalue weighted by molar-refractivity contribution is 6.16. The molecule has 0 amide bonds. The molecule has 1 saturated heterocycles. The quantitative estimate of drug-likeness (QED) is 0.0788. The van der Waals surface area contributed by atoms with Gasteiger partial charge < -0.3 is 28.8 Å². The zero-order valence-corrected chi connectivity index (χ0v) is 29.6. The second-order valence-corrected chi connectivity index (χ2v) is 13.1. The number of anilines is 1. The standard InChI is InChI=1S/C42H47N3O6/c1-31-14-16-32(17-15-31)30-51-39-19-18-33(42(48)37-29-45(21-8-13-41(46)47)38-12-4-3-11-36(37)38)27-40(39)50-26-6-5-20-43-22-24-44(25-23-43)34-9-7-10-35(28-34)49-2/h3-4,7,9-12,14-19,27-29H,5-6,8,13,20-26,30H2,1-2H3,(H,46,47). The van der Waals surface area contributed by atoms with Crippen LogP contribution in [0.2, 0.25) is 0 Å². The van der Waals surface area contributed by atoms with Crippen LogP contribution in [0, 0.1) is 6.92 Å². The molecule has 0 radical (unpaired) electrons. The molecular weight excluding hydrogens is 642 g/mol. The van der Waals surface area contributed by atoms with Gasteiger partial charge in [0.2, 0.25) is 0 Å². The first kappa shape index (κ1) is 35.5. The van der Waals surface area contributed by atoms with Crippen LogP contribution in [-0.4, -0.2) is 72.8 Å². The minimum Gasteiger partial charge on any atom is -0.497 e. The number of ketones is 1. The highest BCUT2D eigenvalue weighted by atomic mass is 16.5. The lowest BCUT2D eigenvalue weighted by molar-refractivity contribution is -0.137. The number of carbonyl (C=O) groups excluding carboxylic acids is 1. The number of hydrogen-bond donors (Lipinski definition) is 1. The minimum absolute atomic E-state index is 0.0709. The van der Waals surface area contributed by atoms with Crippen LogP contribution in [0.15, 0.2) is 97.2 Å². The molecule has 6 rings (SSSR count). The predicted molar refractivity (Wildman–Crippen MR) is 201 cm³/mol. The molecule has 0 atom stereocenters. The van der Waals surface area contributed by atoms with Crippen molar-refractivity contribution in [3.8, 4) is 17.2 Å². The summed E-state index contributed by atoms with van der Waals surface area (Å²) in [5.41, 5.74) is 5.43. The van der Waals surface area contributed by atoms with Crippen LogP contribution < -0.4 is 19.1 Å². The fourth-order valence-electron chi connectivity index (χ4n) is 6.55. The van der Waals surface area contributed by atoms with E-state index in [-0.39, 0.29) is 12.2 Å². The molecule has 0 unspecified atom stereocenters. The van der Waals surface area contributed by atoms with Crippen LogP contribution >= 0.6 is 0 Å². The van der Waals surface area contributed by atoms with E-state index in [0.717, 1.165) is 67.8 Å². The molecule has 266 valence electrons. The van der Waals surface area contributed by atoms with Gasteiger partial charge >= 0.3 is 5.97 Å². The van der Waals surface area contributed by atoms with E-state index in [4.69, 9.17) is 19.3 Å². The Hall–Kier alpha value is -5.28. The lowest BCUT2D eigenvalue weighted by Gasteiger charge is -2.36. The average Bonchev–Trinajstić information content (AvgIpc) is 3.53. The van der Waals surface area contributed by atoms with E-state index in [2.05, 4.69) is 53.1 Å². The number of fused-ring (bicyclic) bond motifs is 1. The van der Waals surface area contributed by atoms with Crippen molar-refractivity contribution < 1.29 is 28.9 Å². The number of methoxy groups -OCH3 is 1.